The summed E-state index contributed by atoms with van der Waals surface area (Å²) in [5.41, 5.74) is 0.544. The maximum Gasteiger partial charge on any atom is 0.303 e. The molecule has 0 aliphatic carbocycles. The summed E-state index contributed by atoms with van der Waals surface area (Å²) in [5.74, 6) is -3.20. The van der Waals surface area contributed by atoms with Crippen LogP contribution < -0.4 is 10.1 Å². The number of aliphatic carboxylic acids is 1. The molecule has 5 nitrogen and oxygen atoms in total. The van der Waals surface area contributed by atoms with E-state index in [9.17, 15) is 18.4 Å². The van der Waals surface area contributed by atoms with Crippen LogP contribution in [0, 0.1) is 11.6 Å². The van der Waals surface area contributed by atoms with Crippen molar-refractivity contribution in [1.82, 2.24) is 5.32 Å². The molecule has 1 atom stereocenters. The van der Waals surface area contributed by atoms with Crippen molar-refractivity contribution in [2.45, 2.75) is 32.2 Å². The van der Waals surface area contributed by atoms with Crippen LogP contribution in [0.2, 0.25) is 0 Å². The van der Waals surface area contributed by atoms with Crippen LogP contribution in [-0.4, -0.2) is 23.6 Å². The van der Waals surface area contributed by atoms with Gasteiger partial charge in [0.05, 0.1) is 12.5 Å². The zero-order valence-electron chi connectivity index (χ0n) is 14.9. The van der Waals surface area contributed by atoms with Gasteiger partial charge in [0.25, 0.3) is 0 Å². The summed E-state index contributed by atoms with van der Waals surface area (Å²) >= 11 is 0. The van der Waals surface area contributed by atoms with Gasteiger partial charge in [0.15, 0.2) is 0 Å². The van der Waals surface area contributed by atoms with E-state index in [0.717, 1.165) is 17.7 Å². The smallest absolute Gasteiger partial charge is 0.303 e. The topological polar surface area (TPSA) is 75.6 Å². The van der Waals surface area contributed by atoms with Crippen molar-refractivity contribution in [3.63, 3.8) is 0 Å². The Morgan fingerprint density at radius 2 is 1.74 bits per heavy atom. The van der Waals surface area contributed by atoms with Crippen LogP contribution in [0.15, 0.2) is 42.5 Å². The van der Waals surface area contributed by atoms with Crippen LogP contribution in [0.5, 0.6) is 5.75 Å². The molecule has 2 aromatic carbocycles. The highest BCUT2D eigenvalue weighted by Gasteiger charge is 2.22. The second-order valence-electron chi connectivity index (χ2n) is 6.06. The summed E-state index contributed by atoms with van der Waals surface area (Å²) in [7, 11) is 0. The first-order chi connectivity index (χ1) is 12.9. The molecule has 2 N–H and O–H groups in total. The van der Waals surface area contributed by atoms with Crippen molar-refractivity contribution in [3.05, 3.63) is 65.2 Å². The van der Waals surface area contributed by atoms with Gasteiger partial charge >= 0.3 is 5.97 Å². The molecule has 27 heavy (non-hydrogen) atoms. The highest BCUT2D eigenvalue weighted by molar-refractivity contribution is 5.83. The number of hydrogen-bond donors (Lipinski definition) is 2. The number of ether oxygens (including phenoxy) is 1. The third kappa shape index (κ3) is 6.06. The molecule has 0 bridgehead atoms. The van der Waals surface area contributed by atoms with Gasteiger partial charge in [-0.25, -0.2) is 8.78 Å². The highest BCUT2D eigenvalue weighted by Crippen LogP contribution is 2.22. The second-order valence-corrected chi connectivity index (χ2v) is 6.06. The van der Waals surface area contributed by atoms with Crippen molar-refractivity contribution < 1.29 is 28.2 Å². The van der Waals surface area contributed by atoms with Gasteiger partial charge in [-0.2, -0.15) is 0 Å². The van der Waals surface area contributed by atoms with E-state index in [1.165, 1.54) is 13.0 Å². The SMILES string of the molecule is CC(C(=O)NCc1ccc(OCCCC(=O)O)cc1)c1c(F)cccc1F. The van der Waals surface area contributed by atoms with E-state index in [2.05, 4.69) is 5.32 Å². The molecule has 1 amide bonds. The molecule has 0 radical (unpaired) electrons. The normalized spacial score (nSPS) is 11.7. The fraction of sp³-hybridized carbons (Fsp3) is 0.300. The first-order valence-electron chi connectivity index (χ1n) is 8.53. The summed E-state index contributed by atoms with van der Waals surface area (Å²) in [6.07, 6.45) is 0.461. The van der Waals surface area contributed by atoms with E-state index in [0.29, 0.717) is 18.8 Å². The molecule has 0 saturated heterocycles. The molecular formula is C20H21F2NO4. The van der Waals surface area contributed by atoms with E-state index < -0.39 is 29.4 Å². The number of nitrogens with one attached hydrogen (secondary N) is 1. The zero-order chi connectivity index (χ0) is 19.8. The number of carboxylic acids is 1. The highest BCUT2D eigenvalue weighted by atomic mass is 19.1. The fourth-order valence-corrected chi connectivity index (χ4v) is 2.51. The van der Waals surface area contributed by atoms with Crippen LogP contribution in [0.4, 0.5) is 8.78 Å². The van der Waals surface area contributed by atoms with E-state index in [1.807, 2.05) is 0 Å². The van der Waals surface area contributed by atoms with Crippen LogP contribution in [0.1, 0.15) is 36.8 Å². The van der Waals surface area contributed by atoms with Gasteiger partial charge < -0.3 is 15.2 Å². The summed E-state index contributed by atoms with van der Waals surface area (Å²) in [4.78, 5) is 22.6. The standard InChI is InChI=1S/C20H21F2NO4/c1-13(19-16(21)4-2-5-17(19)22)20(26)23-12-14-7-9-15(10-8-14)27-11-3-6-18(24)25/h2,4-5,7-10,13H,3,6,11-12H2,1H3,(H,23,26)(H,24,25). The number of amides is 1. The lowest BCUT2D eigenvalue weighted by molar-refractivity contribution is -0.137. The number of carbonyl (C=O) groups is 2. The summed E-state index contributed by atoms with van der Waals surface area (Å²) < 4.78 is 33.0. The third-order valence-corrected chi connectivity index (χ3v) is 4.02. The minimum atomic E-state index is -0.956. The summed E-state index contributed by atoms with van der Waals surface area (Å²) in [6.45, 7) is 1.96. The maximum atomic E-state index is 13.8. The molecule has 0 aliphatic heterocycles. The molecule has 2 aromatic rings. The molecule has 2 rings (SSSR count). The van der Waals surface area contributed by atoms with Gasteiger partial charge in [-0.1, -0.05) is 18.2 Å². The monoisotopic (exact) mass is 377 g/mol. The van der Waals surface area contributed by atoms with Gasteiger partial charge in [0.2, 0.25) is 5.91 Å². The number of hydrogen-bond acceptors (Lipinski definition) is 3. The van der Waals surface area contributed by atoms with Crippen molar-refractivity contribution in [1.29, 1.82) is 0 Å². The van der Waals surface area contributed by atoms with E-state index in [1.54, 1.807) is 24.3 Å². The van der Waals surface area contributed by atoms with Crippen LogP contribution in [0.25, 0.3) is 0 Å². The summed E-state index contributed by atoms with van der Waals surface area (Å²) in [6, 6.07) is 10.4. The maximum absolute atomic E-state index is 13.8. The van der Waals surface area contributed by atoms with Crippen LogP contribution in [0.3, 0.4) is 0 Å². The Morgan fingerprint density at radius 3 is 2.33 bits per heavy atom. The Labute approximate surface area is 156 Å². The molecule has 0 aliphatic rings. The number of halogens is 2. The average Bonchev–Trinajstić information content (AvgIpc) is 2.63. The Bertz CT molecular complexity index is 773. The Morgan fingerprint density at radius 1 is 1.11 bits per heavy atom. The van der Waals surface area contributed by atoms with Gasteiger partial charge in [-0.3, -0.25) is 9.59 Å². The van der Waals surface area contributed by atoms with Gasteiger partial charge in [-0.15, -0.1) is 0 Å². The minimum absolute atomic E-state index is 0.0465. The number of carboxylic acid groups (broad SMARTS) is 1. The molecule has 0 fully saturated rings. The van der Waals surface area contributed by atoms with Crippen molar-refractivity contribution >= 4 is 11.9 Å². The predicted molar refractivity (Wildman–Crippen MR) is 95.4 cm³/mol. The summed E-state index contributed by atoms with van der Waals surface area (Å²) in [5, 5.41) is 11.2. The van der Waals surface area contributed by atoms with E-state index >= 15 is 0 Å². The third-order valence-electron chi connectivity index (χ3n) is 4.02. The Hall–Kier alpha value is -2.96. The average molecular weight is 377 g/mol. The Balaban J connectivity index is 1.85. The van der Waals surface area contributed by atoms with Crippen LogP contribution >= 0.6 is 0 Å². The Kier molecular flexibility index (Phi) is 7.28. The lowest BCUT2D eigenvalue weighted by atomic mass is 9.99. The van der Waals surface area contributed by atoms with Gasteiger partial charge in [0.1, 0.15) is 17.4 Å². The molecule has 1 unspecified atom stereocenters. The zero-order valence-corrected chi connectivity index (χ0v) is 14.9. The van der Waals surface area contributed by atoms with Crippen molar-refractivity contribution in [3.8, 4) is 5.75 Å². The molecule has 7 heteroatoms. The van der Waals surface area contributed by atoms with Crippen LogP contribution in [-0.2, 0) is 16.1 Å². The minimum Gasteiger partial charge on any atom is -0.494 e. The van der Waals surface area contributed by atoms with Gasteiger partial charge in [0, 0.05) is 18.5 Å². The van der Waals surface area contributed by atoms with Crippen molar-refractivity contribution in [2.24, 2.45) is 0 Å². The van der Waals surface area contributed by atoms with E-state index in [-0.39, 0.29) is 18.5 Å². The van der Waals surface area contributed by atoms with Gasteiger partial charge in [-0.05, 0) is 43.2 Å². The second kappa shape index (κ2) is 9.66. The predicted octanol–water partition coefficient (Wildman–Crippen LogP) is 3.63. The first-order valence-corrected chi connectivity index (χ1v) is 8.53. The lowest BCUT2D eigenvalue weighted by Gasteiger charge is -2.14. The largest absolute Gasteiger partial charge is 0.494 e. The quantitative estimate of drug-likeness (QED) is 0.655. The molecule has 144 valence electrons. The number of benzene rings is 2. The number of carbonyl (C=O) groups excluding carboxylic acids is 1. The van der Waals surface area contributed by atoms with E-state index in [4.69, 9.17) is 9.84 Å². The lowest BCUT2D eigenvalue weighted by Crippen LogP contribution is -2.28. The molecule has 0 heterocycles. The molecule has 0 aromatic heterocycles. The number of rotatable bonds is 9. The van der Waals surface area contributed by atoms with Crippen molar-refractivity contribution in [2.75, 3.05) is 6.61 Å². The fourth-order valence-electron chi connectivity index (χ4n) is 2.51. The molecular weight excluding hydrogens is 356 g/mol. The molecule has 0 saturated carbocycles. The molecule has 0 spiro atoms. The first kappa shape index (κ1) is 20.4.